The molecule has 0 saturated heterocycles. The lowest BCUT2D eigenvalue weighted by Gasteiger charge is -2.06. The van der Waals surface area contributed by atoms with Crippen molar-refractivity contribution in [2.24, 2.45) is 0 Å². The van der Waals surface area contributed by atoms with Crippen LogP contribution in [0, 0.1) is 17.1 Å². The third-order valence-corrected chi connectivity index (χ3v) is 2.84. The number of fused-ring (bicyclic) bond motifs is 1. The highest BCUT2D eigenvalue weighted by Gasteiger charge is 2.17. The van der Waals surface area contributed by atoms with Gasteiger partial charge in [-0.15, -0.1) is 0 Å². The zero-order chi connectivity index (χ0) is 12.4. The summed E-state index contributed by atoms with van der Waals surface area (Å²) in [5.74, 6) is -0.448. The van der Waals surface area contributed by atoms with Gasteiger partial charge in [-0.3, -0.25) is 4.79 Å². The van der Waals surface area contributed by atoms with Crippen LogP contribution in [0.25, 0.3) is 5.52 Å². The number of pyridine rings is 1. The van der Waals surface area contributed by atoms with E-state index in [4.69, 9.17) is 5.26 Å². The summed E-state index contributed by atoms with van der Waals surface area (Å²) in [4.78, 5) is 10.4. The van der Waals surface area contributed by atoms with Crippen molar-refractivity contribution in [2.75, 3.05) is 0 Å². The van der Waals surface area contributed by atoms with E-state index in [0.29, 0.717) is 22.0 Å². The van der Waals surface area contributed by atoms with Gasteiger partial charge in [0, 0.05) is 10.0 Å². The molecule has 0 fully saturated rings. The smallest absolute Gasteiger partial charge is 0.208 e. The Morgan fingerprint density at radius 2 is 2.47 bits per heavy atom. The van der Waals surface area contributed by atoms with Crippen molar-refractivity contribution >= 4 is 27.9 Å². The minimum absolute atomic E-state index is 0.439. The highest BCUT2D eigenvalue weighted by Crippen LogP contribution is 2.26. The summed E-state index contributed by atoms with van der Waals surface area (Å²) in [6.45, 7) is 0. The molecule has 0 aliphatic rings. The lowest BCUT2D eigenvalue weighted by molar-refractivity contribution is -0.109. The molecule has 5 nitrogen and oxygen atoms in total. The molecule has 86 valence electrons. The van der Waals surface area contributed by atoms with E-state index in [1.807, 2.05) is 6.07 Å². The normalized spacial score (nSPS) is 12.1. The summed E-state index contributed by atoms with van der Waals surface area (Å²) in [6.07, 6.45) is 3.05. The minimum Gasteiger partial charge on any atom is -0.339 e. The molecule has 0 aromatic carbocycles. The Morgan fingerprint density at radius 1 is 1.71 bits per heavy atom. The molecule has 0 radical (unpaired) electrons. The summed E-state index contributed by atoms with van der Waals surface area (Å²) in [5, 5.41) is 15.2. The summed E-state index contributed by atoms with van der Waals surface area (Å²) < 4.78 is 14.9. The molecular weight excluding hydrogens is 291 g/mol. The van der Waals surface area contributed by atoms with Crippen molar-refractivity contribution in [1.82, 2.24) is 14.9 Å². The molecule has 2 rings (SSSR count). The van der Waals surface area contributed by atoms with Crippen molar-refractivity contribution < 1.29 is 9.18 Å². The Bertz CT molecular complexity index is 619. The molecule has 1 N–H and O–H groups in total. The molecule has 1 atom stereocenters. The van der Waals surface area contributed by atoms with Crippen molar-refractivity contribution in [3.63, 3.8) is 0 Å². The van der Waals surface area contributed by atoms with Gasteiger partial charge in [0.25, 0.3) is 0 Å². The van der Waals surface area contributed by atoms with Gasteiger partial charge in [-0.25, -0.2) is 8.91 Å². The van der Waals surface area contributed by atoms with Crippen LogP contribution in [0.15, 0.2) is 22.9 Å². The summed E-state index contributed by atoms with van der Waals surface area (Å²) in [7, 11) is 0. The second-order valence-electron chi connectivity index (χ2n) is 3.25. The molecule has 0 aliphatic carbocycles. The largest absolute Gasteiger partial charge is 0.339 e. The van der Waals surface area contributed by atoms with Crippen LogP contribution in [0.1, 0.15) is 11.6 Å². The maximum absolute atomic E-state index is 13.1. The van der Waals surface area contributed by atoms with E-state index in [1.54, 1.807) is 0 Å². The monoisotopic (exact) mass is 296 g/mol. The molecule has 2 heterocycles. The maximum Gasteiger partial charge on any atom is 0.208 e. The zero-order valence-corrected chi connectivity index (χ0v) is 9.98. The zero-order valence-electron chi connectivity index (χ0n) is 8.39. The second kappa shape index (κ2) is 4.51. The van der Waals surface area contributed by atoms with Gasteiger partial charge >= 0.3 is 0 Å². The number of nitrogens with zero attached hydrogens (tertiary/aromatic N) is 3. The van der Waals surface area contributed by atoms with Gasteiger partial charge < -0.3 is 5.32 Å². The number of amides is 1. The van der Waals surface area contributed by atoms with Crippen LogP contribution in [0.2, 0.25) is 0 Å². The molecule has 1 amide bonds. The van der Waals surface area contributed by atoms with Crippen LogP contribution >= 0.6 is 15.9 Å². The Morgan fingerprint density at radius 3 is 3.12 bits per heavy atom. The number of carbonyl (C=O) groups excluding carboxylic acids is 1. The number of hydrogen-bond donors (Lipinski definition) is 1. The van der Waals surface area contributed by atoms with E-state index in [9.17, 15) is 9.18 Å². The minimum atomic E-state index is -0.813. The standard InChI is InChI=1S/C10H6BrFN4O/c11-8-1-6(12)4-16-10(8)7(3-15-16)9(2-13)14-5-17/h1,3-5,9H,(H,14,17). The molecule has 2 aromatic heterocycles. The van der Waals surface area contributed by atoms with E-state index < -0.39 is 11.9 Å². The first kappa shape index (κ1) is 11.5. The fourth-order valence-electron chi connectivity index (χ4n) is 1.54. The first-order valence-electron chi connectivity index (χ1n) is 4.59. The van der Waals surface area contributed by atoms with Gasteiger partial charge in [-0.2, -0.15) is 10.4 Å². The van der Waals surface area contributed by atoms with Crippen LogP contribution < -0.4 is 5.32 Å². The van der Waals surface area contributed by atoms with Gasteiger partial charge in [0.2, 0.25) is 6.41 Å². The van der Waals surface area contributed by atoms with Crippen molar-refractivity contribution in [2.45, 2.75) is 6.04 Å². The lowest BCUT2D eigenvalue weighted by atomic mass is 10.1. The molecule has 0 bridgehead atoms. The van der Waals surface area contributed by atoms with Crippen molar-refractivity contribution in [3.05, 3.63) is 34.3 Å². The van der Waals surface area contributed by atoms with Gasteiger partial charge in [0.1, 0.15) is 11.9 Å². The SMILES string of the molecule is N#CC(NC=O)c1cnn2cc(F)cc(Br)c12. The topological polar surface area (TPSA) is 70.2 Å². The van der Waals surface area contributed by atoms with E-state index in [2.05, 4.69) is 26.3 Å². The predicted octanol–water partition coefficient (Wildman–Crippen LogP) is 1.55. The molecule has 0 saturated carbocycles. The molecule has 0 spiro atoms. The van der Waals surface area contributed by atoms with Crippen molar-refractivity contribution in [3.8, 4) is 6.07 Å². The summed E-state index contributed by atoms with van der Waals surface area (Å²) in [5.41, 5.74) is 1.05. The number of nitriles is 1. The third-order valence-electron chi connectivity index (χ3n) is 2.24. The van der Waals surface area contributed by atoms with Crippen LogP contribution in [-0.2, 0) is 4.79 Å². The quantitative estimate of drug-likeness (QED) is 0.874. The Balaban J connectivity index is 2.63. The van der Waals surface area contributed by atoms with E-state index >= 15 is 0 Å². The average Bonchev–Trinajstić information content (AvgIpc) is 2.69. The molecular formula is C10H6BrFN4O. The Hall–Kier alpha value is -1.94. The molecule has 7 heteroatoms. The molecule has 0 aliphatic heterocycles. The number of rotatable bonds is 3. The predicted molar refractivity (Wildman–Crippen MR) is 60.4 cm³/mol. The average molecular weight is 297 g/mol. The van der Waals surface area contributed by atoms with Crippen LogP contribution in [-0.4, -0.2) is 16.0 Å². The van der Waals surface area contributed by atoms with Crippen LogP contribution in [0.3, 0.4) is 0 Å². The highest BCUT2D eigenvalue weighted by molar-refractivity contribution is 9.10. The summed E-state index contributed by atoms with van der Waals surface area (Å²) in [6, 6.07) is 2.39. The number of halogens is 2. The third kappa shape index (κ3) is 1.99. The van der Waals surface area contributed by atoms with Crippen LogP contribution in [0.5, 0.6) is 0 Å². The Labute approximate surface area is 104 Å². The van der Waals surface area contributed by atoms with Gasteiger partial charge in [-0.1, -0.05) is 0 Å². The van der Waals surface area contributed by atoms with Crippen LogP contribution in [0.4, 0.5) is 4.39 Å². The van der Waals surface area contributed by atoms with Gasteiger partial charge in [-0.05, 0) is 22.0 Å². The van der Waals surface area contributed by atoms with Crippen molar-refractivity contribution in [1.29, 1.82) is 5.26 Å². The van der Waals surface area contributed by atoms with Gasteiger partial charge in [0.15, 0.2) is 0 Å². The Kier molecular flexibility index (Phi) is 3.06. The molecule has 17 heavy (non-hydrogen) atoms. The van der Waals surface area contributed by atoms with E-state index in [1.165, 1.54) is 23.0 Å². The molecule has 1 unspecified atom stereocenters. The first-order chi connectivity index (χ1) is 8.17. The molecule has 2 aromatic rings. The summed E-state index contributed by atoms with van der Waals surface area (Å²) >= 11 is 3.20. The fraction of sp³-hybridized carbons (Fsp3) is 0.100. The van der Waals surface area contributed by atoms with E-state index in [0.717, 1.165) is 0 Å². The maximum atomic E-state index is 13.1. The first-order valence-corrected chi connectivity index (χ1v) is 5.38. The lowest BCUT2D eigenvalue weighted by Crippen LogP contribution is -2.17. The second-order valence-corrected chi connectivity index (χ2v) is 4.10. The number of nitrogens with one attached hydrogen (secondary N) is 1. The number of hydrogen-bond acceptors (Lipinski definition) is 3. The highest BCUT2D eigenvalue weighted by atomic mass is 79.9. The fourth-order valence-corrected chi connectivity index (χ4v) is 2.17. The number of aromatic nitrogens is 2. The number of carbonyl (C=O) groups is 1. The van der Waals surface area contributed by atoms with E-state index in [-0.39, 0.29) is 0 Å². The van der Waals surface area contributed by atoms with Gasteiger partial charge in [0.05, 0.1) is 24.0 Å².